The number of aliphatic hydroxyl groups excluding tert-OH is 1. The molecule has 0 radical (unpaired) electrons. The number of hydrogen-bond donors (Lipinski definition) is 1. The number of aliphatic hydroxyl groups is 1. The smallest absolute Gasteiger partial charge is 0.0459 e. The first-order valence-corrected chi connectivity index (χ1v) is 8.05. The van der Waals surface area contributed by atoms with Crippen molar-refractivity contribution in [2.24, 2.45) is 23.7 Å². The molecule has 2 aliphatic carbocycles. The molecule has 0 saturated heterocycles. The summed E-state index contributed by atoms with van der Waals surface area (Å²) in [5.41, 5.74) is 0. The van der Waals surface area contributed by atoms with Crippen molar-refractivity contribution in [3.05, 3.63) is 12.2 Å². The van der Waals surface area contributed by atoms with Crippen LogP contribution in [0.3, 0.4) is 0 Å². The topological polar surface area (TPSA) is 20.2 Å². The summed E-state index contributed by atoms with van der Waals surface area (Å²) in [6.07, 6.45) is 17.0. The molecule has 2 aliphatic rings. The van der Waals surface area contributed by atoms with Crippen LogP contribution in [-0.4, -0.2) is 11.7 Å². The normalized spacial score (nSPS) is 38.1. The summed E-state index contributed by atoms with van der Waals surface area (Å²) in [5, 5.41) is 9.20. The van der Waals surface area contributed by atoms with Gasteiger partial charge in [0.05, 0.1) is 0 Å². The molecule has 0 aromatic heterocycles. The lowest BCUT2D eigenvalue weighted by molar-refractivity contribution is 0.117. The molecule has 0 aromatic carbocycles. The lowest BCUT2D eigenvalue weighted by atomic mass is 9.69. The summed E-state index contributed by atoms with van der Waals surface area (Å²) in [6, 6.07) is 0. The van der Waals surface area contributed by atoms with E-state index < -0.39 is 0 Å². The zero-order valence-corrected chi connectivity index (χ0v) is 12.0. The van der Waals surface area contributed by atoms with Gasteiger partial charge < -0.3 is 5.11 Å². The van der Waals surface area contributed by atoms with E-state index in [1.807, 2.05) is 0 Å². The van der Waals surface area contributed by atoms with E-state index in [2.05, 4.69) is 19.1 Å². The first-order chi connectivity index (χ1) is 8.83. The molecule has 0 heterocycles. The summed E-state index contributed by atoms with van der Waals surface area (Å²) < 4.78 is 0. The van der Waals surface area contributed by atoms with E-state index in [4.69, 9.17) is 0 Å². The third kappa shape index (κ3) is 3.85. The Kier molecular flexibility index (Phi) is 5.75. The lowest BCUT2D eigenvalue weighted by Crippen LogP contribution is -2.26. The average Bonchev–Trinajstić information content (AvgIpc) is 2.46. The van der Waals surface area contributed by atoms with E-state index >= 15 is 0 Å². The van der Waals surface area contributed by atoms with Gasteiger partial charge in [0.2, 0.25) is 0 Å². The van der Waals surface area contributed by atoms with Gasteiger partial charge in [-0.25, -0.2) is 0 Å². The number of allylic oxidation sites excluding steroid dienone is 2. The second kappa shape index (κ2) is 7.33. The number of hydrogen-bond acceptors (Lipinski definition) is 1. The molecular formula is C17H30O. The van der Waals surface area contributed by atoms with Crippen molar-refractivity contribution in [1.29, 1.82) is 0 Å². The van der Waals surface area contributed by atoms with Gasteiger partial charge in [0.25, 0.3) is 0 Å². The molecular weight excluding hydrogens is 220 g/mol. The summed E-state index contributed by atoms with van der Waals surface area (Å²) in [4.78, 5) is 0. The lowest BCUT2D eigenvalue weighted by Gasteiger charge is -2.37. The molecule has 0 aliphatic heterocycles. The molecule has 1 heteroatoms. The fourth-order valence-electron chi connectivity index (χ4n) is 4.07. The van der Waals surface area contributed by atoms with Crippen molar-refractivity contribution >= 4 is 0 Å². The molecule has 18 heavy (non-hydrogen) atoms. The average molecular weight is 250 g/mol. The van der Waals surface area contributed by atoms with Crippen LogP contribution in [0.15, 0.2) is 12.2 Å². The van der Waals surface area contributed by atoms with Crippen molar-refractivity contribution < 1.29 is 5.11 Å². The zero-order chi connectivity index (χ0) is 12.8. The van der Waals surface area contributed by atoms with Gasteiger partial charge >= 0.3 is 0 Å². The van der Waals surface area contributed by atoms with Crippen LogP contribution >= 0.6 is 0 Å². The van der Waals surface area contributed by atoms with Crippen LogP contribution in [-0.2, 0) is 0 Å². The minimum Gasteiger partial charge on any atom is -0.396 e. The Morgan fingerprint density at radius 3 is 1.78 bits per heavy atom. The summed E-state index contributed by atoms with van der Waals surface area (Å²) in [6.45, 7) is 2.55. The van der Waals surface area contributed by atoms with Gasteiger partial charge in [0.1, 0.15) is 0 Å². The Hall–Kier alpha value is -0.300. The second-order valence-electron chi connectivity index (χ2n) is 6.55. The third-order valence-corrected chi connectivity index (χ3v) is 5.41. The van der Waals surface area contributed by atoms with Gasteiger partial charge in [-0.2, -0.15) is 0 Å². The summed E-state index contributed by atoms with van der Waals surface area (Å²) in [5.74, 6) is 3.57. The molecule has 0 bridgehead atoms. The van der Waals surface area contributed by atoms with Gasteiger partial charge in [0.15, 0.2) is 0 Å². The van der Waals surface area contributed by atoms with Gasteiger partial charge in [-0.1, -0.05) is 12.2 Å². The minimum absolute atomic E-state index is 0.419. The molecule has 0 aromatic rings. The van der Waals surface area contributed by atoms with Gasteiger partial charge in [-0.05, 0) is 88.4 Å². The Morgan fingerprint density at radius 1 is 0.833 bits per heavy atom. The maximum absolute atomic E-state index is 9.20. The highest BCUT2D eigenvalue weighted by atomic mass is 16.3. The van der Waals surface area contributed by atoms with E-state index in [1.165, 1.54) is 57.8 Å². The van der Waals surface area contributed by atoms with Crippen molar-refractivity contribution in [2.75, 3.05) is 6.61 Å². The Labute approximate surface area is 113 Å². The van der Waals surface area contributed by atoms with Crippen molar-refractivity contribution in [3.8, 4) is 0 Å². The van der Waals surface area contributed by atoms with Crippen LogP contribution in [0.5, 0.6) is 0 Å². The van der Waals surface area contributed by atoms with E-state index in [0.717, 1.165) is 17.8 Å². The van der Waals surface area contributed by atoms with E-state index in [9.17, 15) is 5.11 Å². The van der Waals surface area contributed by atoms with Gasteiger partial charge in [-0.15, -0.1) is 0 Å². The monoisotopic (exact) mass is 250 g/mol. The maximum Gasteiger partial charge on any atom is 0.0459 e. The van der Waals surface area contributed by atoms with E-state index in [-0.39, 0.29) is 0 Å². The molecule has 1 nitrogen and oxygen atoms in total. The molecule has 2 fully saturated rings. The Bertz CT molecular complexity index is 242. The van der Waals surface area contributed by atoms with Crippen molar-refractivity contribution in [2.45, 2.75) is 64.7 Å². The van der Waals surface area contributed by atoms with Crippen LogP contribution < -0.4 is 0 Å². The molecule has 104 valence electrons. The molecule has 2 saturated carbocycles. The quantitative estimate of drug-likeness (QED) is 0.725. The molecule has 0 atom stereocenters. The minimum atomic E-state index is 0.419. The van der Waals surface area contributed by atoms with Crippen LogP contribution in [0.4, 0.5) is 0 Å². The molecule has 1 N–H and O–H groups in total. The van der Waals surface area contributed by atoms with E-state index in [0.29, 0.717) is 12.5 Å². The fraction of sp³-hybridized carbons (Fsp3) is 0.882. The fourth-order valence-corrected chi connectivity index (χ4v) is 4.07. The van der Waals surface area contributed by atoms with Crippen molar-refractivity contribution in [1.82, 2.24) is 0 Å². The first-order valence-electron chi connectivity index (χ1n) is 8.05. The van der Waals surface area contributed by atoms with Crippen LogP contribution in [0.2, 0.25) is 0 Å². The predicted molar refractivity (Wildman–Crippen MR) is 77.4 cm³/mol. The van der Waals surface area contributed by atoms with Gasteiger partial charge in [0, 0.05) is 6.61 Å². The Morgan fingerprint density at radius 2 is 1.33 bits per heavy atom. The highest BCUT2D eigenvalue weighted by Gasteiger charge is 2.30. The highest BCUT2D eigenvalue weighted by Crippen LogP contribution is 2.41. The number of rotatable bonds is 4. The highest BCUT2D eigenvalue weighted by molar-refractivity contribution is 4.86. The SMILES string of the molecule is CC=CCC1CCC(C2CCC(CO)CC2)CC1. The largest absolute Gasteiger partial charge is 0.396 e. The molecule has 2 rings (SSSR count). The molecule has 0 unspecified atom stereocenters. The third-order valence-electron chi connectivity index (χ3n) is 5.41. The maximum atomic E-state index is 9.20. The molecule has 0 spiro atoms. The Balaban J connectivity index is 1.70. The predicted octanol–water partition coefficient (Wildman–Crippen LogP) is 4.56. The second-order valence-corrected chi connectivity index (χ2v) is 6.55. The standard InChI is InChI=1S/C17H30O/c1-2-3-4-14-5-9-16(10-6-14)17-11-7-15(13-18)8-12-17/h2-3,14-18H,4-13H2,1H3. The van der Waals surface area contributed by atoms with Crippen LogP contribution in [0.1, 0.15) is 64.7 Å². The van der Waals surface area contributed by atoms with Crippen LogP contribution in [0, 0.1) is 23.7 Å². The van der Waals surface area contributed by atoms with Crippen molar-refractivity contribution in [3.63, 3.8) is 0 Å². The van der Waals surface area contributed by atoms with Crippen LogP contribution in [0.25, 0.3) is 0 Å². The molecule has 0 amide bonds. The zero-order valence-electron chi connectivity index (χ0n) is 12.0. The summed E-state index contributed by atoms with van der Waals surface area (Å²) in [7, 11) is 0. The first kappa shape index (κ1) is 14.1. The summed E-state index contributed by atoms with van der Waals surface area (Å²) >= 11 is 0. The van der Waals surface area contributed by atoms with E-state index in [1.54, 1.807) is 0 Å². The van der Waals surface area contributed by atoms with Gasteiger partial charge in [-0.3, -0.25) is 0 Å².